The molecule has 4 rings (SSSR count). The average molecular weight is 575 g/mol. The summed E-state index contributed by atoms with van der Waals surface area (Å²) in [6.07, 6.45) is 2.56. The topological polar surface area (TPSA) is 99.6 Å². The van der Waals surface area contributed by atoms with Crippen molar-refractivity contribution in [2.45, 2.75) is 78.6 Å². The van der Waals surface area contributed by atoms with Crippen molar-refractivity contribution >= 4 is 29.3 Å². The number of nitrogens with zero attached hydrogens (tertiary/aromatic N) is 4. The normalized spacial score (nSPS) is 17.6. The summed E-state index contributed by atoms with van der Waals surface area (Å²) < 4.78 is 17.1. The lowest BCUT2D eigenvalue weighted by molar-refractivity contribution is -0.131. The van der Waals surface area contributed by atoms with Gasteiger partial charge in [-0.25, -0.2) is 9.37 Å². The van der Waals surface area contributed by atoms with E-state index in [4.69, 9.17) is 16.6 Å². The molecule has 1 aromatic carbocycles. The molecule has 0 radical (unpaired) electrons. The first-order chi connectivity index (χ1) is 18.9. The molecule has 2 aliphatic rings. The van der Waals surface area contributed by atoms with Crippen LogP contribution in [0.1, 0.15) is 58.3 Å². The summed E-state index contributed by atoms with van der Waals surface area (Å²) in [5, 5.41) is 5.82. The third kappa shape index (κ3) is 6.66. The van der Waals surface area contributed by atoms with Gasteiger partial charge >= 0.3 is 0 Å². The minimum atomic E-state index is -0.720. The van der Waals surface area contributed by atoms with Crippen molar-refractivity contribution < 1.29 is 18.8 Å². The van der Waals surface area contributed by atoms with E-state index in [9.17, 15) is 14.4 Å². The highest BCUT2D eigenvalue weighted by Crippen LogP contribution is 2.31. The lowest BCUT2D eigenvalue weighted by Crippen LogP contribution is -2.53. The van der Waals surface area contributed by atoms with Gasteiger partial charge in [0.1, 0.15) is 17.7 Å². The van der Waals surface area contributed by atoms with Gasteiger partial charge in [0.15, 0.2) is 0 Å². The SMILES string of the molecule is CNC(=O)[C@@H](NC(=O)Cc1nc(-c2ccc(Cl)cc2F)n2c1CN(C1CCN(C(C)=O)CC1)CCC2)C(C)(C)C. The molecule has 11 heteroatoms. The van der Waals surface area contributed by atoms with Crippen LogP contribution in [0.25, 0.3) is 11.4 Å². The molecule has 0 saturated carbocycles. The maximum Gasteiger partial charge on any atom is 0.242 e. The van der Waals surface area contributed by atoms with E-state index < -0.39 is 17.3 Å². The summed E-state index contributed by atoms with van der Waals surface area (Å²) in [5.41, 5.74) is 1.28. The number of carbonyl (C=O) groups is 3. The number of likely N-dealkylation sites (tertiary alicyclic amines) is 1. The van der Waals surface area contributed by atoms with E-state index in [1.165, 1.54) is 6.07 Å². The number of aromatic nitrogens is 2. The summed E-state index contributed by atoms with van der Waals surface area (Å²) in [7, 11) is 1.55. The van der Waals surface area contributed by atoms with E-state index in [1.807, 2.05) is 30.2 Å². The Morgan fingerprint density at radius 2 is 1.85 bits per heavy atom. The molecular weight excluding hydrogens is 535 g/mol. The monoisotopic (exact) mass is 574 g/mol. The summed E-state index contributed by atoms with van der Waals surface area (Å²) in [5.74, 6) is -0.490. The second-order valence-electron chi connectivity index (χ2n) is 11.8. The summed E-state index contributed by atoms with van der Waals surface area (Å²) in [6.45, 7) is 10.8. The van der Waals surface area contributed by atoms with Crippen LogP contribution in [0.4, 0.5) is 4.39 Å². The van der Waals surface area contributed by atoms with Crippen LogP contribution in [-0.4, -0.2) is 75.8 Å². The molecule has 1 aromatic heterocycles. The Labute approximate surface area is 240 Å². The summed E-state index contributed by atoms with van der Waals surface area (Å²) in [4.78, 5) is 46.8. The molecule has 2 aromatic rings. The fraction of sp³-hybridized carbons (Fsp3) is 0.586. The first kappa shape index (κ1) is 30.0. The van der Waals surface area contributed by atoms with E-state index in [-0.39, 0.29) is 24.1 Å². The molecule has 0 spiro atoms. The van der Waals surface area contributed by atoms with Gasteiger partial charge in [-0.1, -0.05) is 32.4 Å². The number of carbonyl (C=O) groups excluding carboxylic acids is 3. The molecule has 3 heterocycles. The van der Waals surface area contributed by atoms with Gasteiger partial charge in [0.25, 0.3) is 0 Å². The number of hydrogen-bond donors (Lipinski definition) is 2. The van der Waals surface area contributed by atoms with Gasteiger partial charge in [0.05, 0.1) is 23.4 Å². The quantitative estimate of drug-likeness (QED) is 0.551. The van der Waals surface area contributed by atoms with Crippen molar-refractivity contribution in [2.75, 3.05) is 26.7 Å². The van der Waals surface area contributed by atoms with Crippen molar-refractivity contribution in [3.8, 4) is 11.4 Å². The van der Waals surface area contributed by atoms with Crippen molar-refractivity contribution in [1.29, 1.82) is 0 Å². The second-order valence-corrected chi connectivity index (χ2v) is 12.3. The lowest BCUT2D eigenvalue weighted by Gasteiger charge is -2.37. The Kier molecular flexibility index (Phi) is 9.19. The van der Waals surface area contributed by atoms with Crippen molar-refractivity contribution in [3.63, 3.8) is 0 Å². The molecule has 2 N–H and O–H groups in total. The Bertz CT molecular complexity index is 1270. The smallest absolute Gasteiger partial charge is 0.242 e. The predicted octanol–water partition coefficient (Wildman–Crippen LogP) is 3.38. The highest BCUT2D eigenvalue weighted by Gasteiger charge is 2.34. The van der Waals surface area contributed by atoms with Crippen LogP contribution in [0.5, 0.6) is 0 Å². The number of likely N-dealkylation sites (N-methyl/N-ethyl adjacent to an activating group) is 1. The zero-order valence-electron chi connectivity index (χ0n) is 24.0. The fourth-order valence-corrected chi connectivity index (χ4v) is 5.88. The lowest BCUT2D eigenvalue weighted by atomic mass is 9.86. The molecule has 0 unspecified atom stereocenters. The van der Waals surface area contributed by atoms with E-state index in [0.717, 1.165) is 44.6 Å². The van der Waals surface area contributed by atoms with E-state index in [0.29, 0.717) is 41.2 Å². The summed E-state index contributed by atoms with van der Waals surface area (Å²) >= 11 is 6.02. The first-order valence-electron chi connectivity index (χ1n) is 13.9. The highest BCUT2D eigenvalue weighted by atomic mass is 35.5. The van der Waals surface area contributed by atoms with Crippen molar-refractivity contribution in [2.24, 2.45) is 5.41 Å². The standard InChI is InChI=1S/C29H40ClFN6O3/c1-18(38)35-13-9-20(10-14-35)36-11-6-12-37-24(17-36)23(33-27(37)21-8-7-19(30)15-22(21)31)16-25(39)34-26(28(40)32-5)29(2,3)4/h7-8,15,20,26H,6,9-14,16-17H2,1-5H3,(H,32,40)(H,34,39)/t26-/m1/s1. The van der Waals surface area contributed by atoms with Gasteiger partial charge < -0.3 is 20.1 Å². The average Bonchev–Trinajstić information content (AvgIpc) is 3.06. The number of rotatable bonds is 6. The molecule has 0 bridgehead atoms. The fourth-order valence-electron chi connectivity index (χ4n) is 5.72. The van der Waals surface area contributed by atoms with Gasteiger partial charge in [-0.05, 0) is 42.9 Å². The molecule has 3 amide bonds. The van der Waals surface area contributed by atoms with Crippen LogP contribution < -0.4 is 10.6 Å². The first-order valence-corrected chi connectivity index (χ1v) is 14.3. The maximum absolute atomic E-state index is 15.1. The Hall–Kier alpha value is -2.98. The van der Waals surface area contributed by atoms with Crippen molar-refractivity contribution in [1.82, 2.24) is 30.0 Å². The van der Waals surface area contributed by atoms with E-state index >= 15 is 4.39 Å². The highest BCUT2D eigenvalue weighted by molar-refractivity contribution is 6.30. The Morgan fingerprint density at radius 1 is 1.15 bits per heavy atom. The number of amides is 3. The molecule has 218 valence electrons. The van der Waals surface area contributed by atoms with E-state index in [2.05, 4.69) is 15.5 Å². The van der Waals surface area contributed by atoms with Crippen LogP contribution in [0, 0.1) is 11.2 Å². The Morgan fingerprint density at radius 3 is 2.45 bits per heavy atom. The largest absolute Gasteiger partial charge is 0.357 e. The van der Waals surface area contributed by atoms with Gasteiger partial charge in [0.2, 0.25) is 17.7 Å². The van der Waals surface area contributed by atoms with Crippen LogP contribution in [-0.2, 0) is 33.9 Å². The minimum absolute atomic E-state index is 0.0370. The van der Waals surface area contributed by atoms with Gasteiger partial charge in [0, 0.05) is 57.8 Å². The number of benzene rings is 1. The van der Waals surface area contributed by atoms with Crippen LogP contribution in [0.15, 0.2) is 18.2 Å². The van der Waals surface area contributed by atoms with E-state index in [1.54, 1.807) is 26.1 Å². The molecule has 1 atom stereocenters. The molecule has 1 fully saturated rings. The van der Waals surface area contributed by atoms with Crippen molar-refractivity contribution in [3.05, 3.63) is 40.4 Å². The number of fused-ring (bicyclic) bond motifs is 1. The molecule has 9 nitrogen and oxygen atoms in total. The third-order valence-corrected chi connectivity index (χ3v) is 8.18. The minimum Gasteiger partial charge on any atom is -0.357 e. The molecule has 40 heavy (non-hydrogen) atoms. The second kappa shape index (κ2) is 12.3. The number of piperidine rings is 1. The maximum atomic E-state index is 15.1. The molecule has 1 saturated heterocycles. The third-order valence-electron chi connectivity index (χ3n) is 7.94. The molecular formula is C29H40ClFN6O3. The number of halogens is 2. The number of hydrogen-bond acceptors (Lipinski definition) is 5. The van der Waals surface area contributed by atoms with Crippen LogP contribution >= 0.6 is 11.6 Å². The predicted molar refractivity (Wildman–Crippen MR) is 152 cm³/mol. The zero-order chi connectivity index (χ0) is 29.2. The summed E-state index contributed by atoms with van der Waals surface area (Å²) in [6, 6.07) is 4.11. The molecule has 0 aliphatic carbocycles. The molecule has 2 aliphatic heterocycles. The number of imidazole rings is 1. The van der Waals surface area contributed by atoms with Gasteiger partial charge in [-0.3, -0.25) is 19.3 Å². The van der Waals surface area contributed by atoms with Crippen LogP contribution in [0.3, 0.4) is 0 Å². The van der Waals surface area contributed by atoms with Gasteiger partial charge in [-0.2, -0.15) is 0 Å². The Balaban J connectivity index is 1.66. The van der Waals surface area contributed by atoms with Crippen LogP contribution in [0.2, 0.25) is 5.02 Å². The number of nitrogens with one attached hydrogen (secondary N) is 2. The van der Waals surface area contributed by atoms with Gasteiger partial charge in [-0.15, -0.1) is 0 Å². The zero-order valence-corrected chi connectivity index (χ0v) is 24.8.